The fourth-order valence-corrected chi connectivity index (χ4v) is 3.94. The number of hydrogen-bond acceptors (Lipinski definition) is 5. The number of carbonyl (C=O) groups is 1. The van der Waals surface area contributed by atoms with Crippen LogP contribution >= 0.6 is 11.3 Å². The van der Waals surface area contributed by atoms with E-state index in [9.17, 15) is 9.90 Å². The van der Waals surface area contributed by atoms with Crippen molar-refractivity contribution in [3.63, 3.8) is 0 Å². The number of carbonyl (C=O) groups excluding carboxylic acids is 1. The molecule has 0 bridgehead atoms. The summed E-state index contributed by atoms with van der Waals surface area (Å²) in [6.07, 6.45) is 3.12. The summed E-state index contributed by atoms with van der Waals surface area (Å²) in [7, 11) is 0. The molecule has 2 fully saturated rings. The minimum Gasteiger partial charge on any atom is -0.393 e. The Balaban J connectivity index is 1.63. The maximum atomic E-state index is 12.5. The lowest BCUT2D eigenvalue weighted by Crippen LogP contribution is -2.48. The summed E-state index contributed by atoms with van der Waals surface area (Å²) in [5.41, 5.74) is -1.02. The summed E-state index contributed by atoms with van der Waals surface area (Å²) in [5, 5.41) is 19.1. The van der Waals surface area contributed by atoms with Crippen molar-refractivity contribution in [3.05, 3.63) is 21.9 Å². The molecule has 3 heterocycles. The van der Waals surface area contributed by atoms with Crippen LogP contribution in [0, 0.1) is 0 Å². The first-order chi connectivity index (χ1) is 10.1. The van der Waals surface area contributed by atoms with Crippen LogP contribution in [0.4, 0.5) is 0 Å². The second kappa shape index (κ2) is 6.04. The average Bonchev–Trinajstić information content (AvgIpc) is 3.18. The molecule has 6 heteroatoms. The molecule has 0 aromatic carbocycles. The van der Waals surface area contributed by atoms with Gasteiger partial charge in [-0.15, -0.1) is 11.3 Å². The van der Waals surface area contributed by atoms with Gasteiger partial charge in [0.1, 0.15) is 0 Å². The van der Waals surface area contributed by atoms with Gasteiger partial charge < -0.3 is 19.8 Å². The molecule has 2 saturated heterocycles. The number of thiophene rings is 1. The monoisotopic (exact) mass is 311 g/mol. The number of amides is 1. The standard InChI is InChI=1S/C15H21NO4S/c17-10-15(19)5-7-16(8-6-15)14(18)13-4-3-12(21-13)11-2-1-9-20-11/h3-4,11,17,19H,1-2,5-10H2/t11-/m0/s1. The first kappa shape index (κ1) is 15.0. The van der Waals surface area contributed by atoms with E-state index in [-0.39, 0.29) is 18.6 Å². The molecule has 0 saturated carbocycles. The molecule has 3 rings (SSSR count). The van der Waals surface area contributed by atoms with E-state index in [2.05, 4.69) is 0 Å². The minimum absolute atomic E-state index is 0.0178. The van der Waals surface area contributed by atoms with Crippen LogP contribution in [0.25, 0.3) is 0 Å². The summed E-state index contributed by atoms with van der Waals surface area (Å²) in [6.45, 7) is 1.54. The Labute approximate surface area is 128 Å². The summed E-state index contributed by atoms with van der Waals surface area (Å²) < 4.78 is 5.64. The lowest BCUT2D eigenvalue weighted by Gasteiger charge is -2.36. The van der Waals surface area contributed by atoms with E-state index in [0.717, 1.165) is 29.2 Å². The molecule has 1 atom stereocenters. The van der Waals surface area contributed by atoms with Crippen molar-refractivity contribution < 1.29 is 19.7 Å². The SMILES string of the molecule is O=C(c1ccc([C@@H]2CCCO2)s1)N1CCC(O)(CO)CC1. The highest BCUT2D eigenvalue weighted by Gasteiger charge is 2.34. The fourth-order valence-electron chi connectivity index (χ4n) is 2.88. The zero-order chi connectivity index (χ0) is 14.9. The summed E-state index contributed by atoms with van der Waals surface area (Å²) in [6, 6.07) is 3.86. The average molecular weight is 311 g/mol. The largest absolute Gasteiger partial charge is 0.393 e. The first-order valence-corrected chi connectivity index (χ1v) is 8.27. The van der Waals surface area contributed by atoms with Gasteiger partial charge in [-0.2, -0.15) is 0 Å². The minimum atomic E-state index is -1.02. The molecule has 116 valence electrons. The van der Waals surface area contributed by atoms with E-state index in [4.69, 9.17) is 9.84 Å². The molecule has 1 aromatic heterocycles. The third kappa shape index (κ3) is 3.13. The molecule has 2 aliphatic heterocycles. The Hall–Kier alpha value is -0.950. The third-order valence-corrected chi connectivity index (χ3v) is 5.53. The fraction of sp³-hybridized carbons (Fsp3) is 0.667. The molecule has 2 N–H and O–H groups in total. The van der Waals surface area contributed by atoms with Crippen LogP contribution in [0.3, 0.4) is 0 Å². The molecule has 1 amide bonds. The van der Waals surface area contributed by atoms with Crippen molar-refractivity contribution in [3.8, 4) is 0 Å². The highest BCUT2D eigenvalue weighted by Crippen LogP contribution is 2.34. The van der Waals surface area contributed by atoms with Crippen LogP contribution in [0.5, 0.6) is 0 Å². The highest BCUT2D eigenvalue weighted by molar-refractivity contribution is 7.14. The lowest BCUT2D eigenvalue weighted by atomic mass is 9.92. The van der Waals surface area contributed by atoms with Crippen LogP contribution in [-0.4, -0.2) is 52.9 Å². The second-order valence-electron chi connectivity index (χ2n) is 5.88. The van der Waals surface area contributed by atoms with Crippen LogP contribution in [0.2, 0.25) is 0 Å². The van der Waals surface area contributed by atoms with Gasteiger partial charge in [0.05, 0.1) is 23.2 Å². The normalized spacial score (nSPS) is 25.2. The zero-order valence-electron chi connectivity index (χ0n) is 12.0. The number of nitrogens with zero attached hydrogens (tertiary/aromatic N) is 1. The van der Waals surface area contributed by atoms with E-state index in [1.807, 2.05) is 12.1 Å². The number of rotatable bonds is 3. The molecule has 1 aromatic rings. The van der Waals surface area contributed by atoms with Gasteiger partial charge in [-0.1, -0.05) is 0 Å². The van der Waals surface area contributed by atoms with Crippen molar-refractivity contribution in [2.75, 3.05) is 26.3 Å². The van der Waals surface area contributed by atoms with Crippen molar-refractivity contribution in [2.24, 2.45) is 0 Å². The Morgan fingerprint density at radius 1 is 1.43 bits per heavy atom. The molecule has 0 aliphatic carbocycles. The van der Waals surface area contributed by atoms with Crippen molar-refractivity contribution >= 4 is 17.2 Å². The third-order valence-electron chi connectivity index (χ3n) is 4.36. The quantitative estimate of drug-likeness (QED) is 0.889. The molecular formula is C15H21NO4S. The maximum absolute atomic E-state index is 12.5. The van der Waals surface area contributed by atoms with Gasteiger partial charge in [0.25, 0.3) is 5.91 Å². The molecule has 0 radical (unpaired) electrons. The number of hydrogen-bond donors (Lipinski definition) is 2. The highest BCUT2D eigenvalue weighted by atomic mass is 32.1. The molecule has 0 spiro atoms. The van der Waals surface area contributed by atoms with E-state index in [1.165, 1.54) is 11.3 Å². The lowest BCUT2D eigenvalue weighted by molar-refractivity contribution is -0.0545. The molecule has 5 nitrogen and oxygen atoms in total. The second-order valence-corrected chi connectivity index (χ2v) is 6.99. The number of likely N-dealkylation sites (tertiary alicyclic amines) is 1. The predicted octanol–water partition coefficient (Wildman–Crippen LogP) is 1.56. The summed E-state index contributed by atoms with van der Waals surface area (Å²) >= 11 is 1.51. The molecule has 0 unspecified atom stereocenters. The van der Waals surface area contributed by atoms with Crippen molar-refractivity contribution in [1.29, 1.82) is 0 Å². The Morgan fingerprint density at radius 2 is 2.19 bits per heavy atom. The first-order valence-electron chi connectivity index (χ1n) is 7.45. The maximum Gasteiger partial charge on any atom is 0.263 e. The smallest absolute Gasteiger partial charge is 0.263 e. The molecule has 21 heavy (non-hydrogen) atoms. The molecular weight excluding hydrogens is 290 g/mol. The van der Waals surface area contributed by atoms with Gasteiger partial charge in [-0.3, -0.25) is 4.79 Å². The molecule has 2 aliphatic rings. The topological polar surface area (TPSA) is 70.0 Å². The zero-order valence-corrected chi connectivity index (χ0v) is 12.8. The van der Waals surface area contributed by atoms with Gasteiger partial charge in [0, 0.05) is 24.6 Å². The number of piperidine rings is 1. The van der Waals surface area contributed by atoms with Crippen LogP contribution in [-0.2, 0) is 4.74 Å². The van der Waals surface area contributed by atoms with E-state index in [0.29, 0.717) is 25.9 Å². The van der Waals surface area contributed by atoms with E-state index < -0.39 is 5.60 Å². The van der Waals surface area contributed by atoms with Crippen molar-refractivity contribution in [1.82, 2.24) is 4.90 Å². The summed E-state index contributed by atoms with van der Waals surface area (Å²) in [5.74, 6) is 0.0178. The van der Waals surface area contributed by atoms with Gasteiger partial charge in [0.15, 0.2) is 0 Å². The number of ether oxygens (including phenoxy) is 1. The van der Waals surface area contributed by atoms with Crippen LogP contribution < -0.4 is 0 Å². The summed E-state index contributed by atoms with van der Waals surface area (Å²) in [4.78, 5) is 16.1. The van der Waals surface area contributed by atoms with E-state index >= 15 is 0 Å². The number of aliphatic hydroxyl groups is 2. The van der Waals surface area contributed by atoms with Crippen LogP contribution in [0.1, 0.15) is 46.3 Å². The van der Waals surface area contributed by atoms with Gasteiger partial charge in [-0.25, -0.2) is 0 Å². The number of aliphatic hydroxyl groups excluding tert-OH is 1. The van der Waals surface area contributed by atoms with Crippen LogP contribution in [0.15, 0.2) is 12.1 Å². The predicted molar refractivity (Wildman–Crippen MR) is 79.4 cm³/mol. The van der Waals surface area contributed by atoms with Crippen molar-refractivity contribution in [2.45, 2.75) is 37.4 Å². The van der Waals surface area contributed by atoms with E-state index in [1.54, 1.807) is 4.90 Å². The Kier molecular flexibility index (Phi) is 4.31. The Bertz CT molecular complexity index is 502. The Morgan fingerprint density at radius 3 is 2.81 bits per heavy atom. The van der Waals surface area contributed by atoms with Gasteiger partial charge in [-0.05, 0) is 37.8 Å². The van der Waals surface area contributed by atoms with Gasteiger partial charge in [0.2, 0.25) is 0 Å². The van der Waals surface area contributed by atoms with Gasteiger partial charge >= 0.3 is 0 Å².